The fourth-order valence-corrected chi connectivity index (χ4v) is 2.37. The molecule has 0 aliphatic rings. The van der Waals surface area contributed by atoms with Crippen LogP contribution >= 0.6 is 15.9 Å². The van der Waals surface area contributed by atoms with E-state index >= 15 is 0 Å². The van der Waals surface area contributed by atoms with E-state index in [4.69, 9.17) is 4.52 Å². The van der Waals surface area contributed by atoms with Crippen LogP contribution in [0.4, 0.5) is 4.39 Å². The van der Waals surface area contributed by atoms with Crippen LogP contribution in [0, 0.1) is 5.82 Å². The van der Waals surface area contributed by atoms with Crippen molar-refractivity contribution in [2.75, 3.05) is 0 Å². The largest absolute Gasteiger partial charge is 0.343 e. The number of hydrogen-bond donors (Lipinski definition) is 1. The summed E-state index contributed by atoms with van der Waals surface area (Å²) >= 11 is 3.31. The molecule has 0 aliphatic carbocycles. The Morgan fingerprint density at radius 1 is 1.22 bits per heavy atom. The zero-order valence-corrected chi connectivity index (χ0v) is 13.4. The Morgan fingerprint density at radius 3 is 2.83 bits per heavy atom. The minimum absolute atomic E-state index is 0.0623. The monoisotopic (exact) mass is 375 g/mol. The Kier molecular flexibility index (Phi) is 4.47. The molecule has 0 aliphatic heterocycles. The topological polar surface area (TPSA) is 68.0 Å². The van der Waals surface area contributed by atoms with Gasteiger partial charge in [-0.25, -0.2) is 4.39 Å². The third kappa shape index (κ3) is 3.62. The van der Waals surface area contributed by atoms with Crippen LogP contribution in [-0.2, 0) is 6.54 Å². The van der Waals surface area contributed by atoms with Gasteiger partial charge in [0.2, 0.25) is 11.7 Å². The molecule has 1 aromatic heterocycles. The molecule has 3 aromatic rings. The molecular formula is C16H11BrFN3O2. The van der Waals surface area contributed by atoms with Gasteiger partial charge in [-0.3, -0.25) is 4.79 Å². The van der Waals surface area contributed by atoms with Gasteiger partial charge in [0.1, 0.15) is 5.82 Å². The van der Waals surface area contributed by atoms with Crippen LogP contribution in [0.5, 0.6) is 0 Å². The summed E-state index contributed by atoms with van der Waals surface area (Å²) < 4.78 is 19.5. The molecule has 0 saturated heterocycles. The van der Waals surface area contributed by atoms with E-state index in [1.54, 1.807) is 36.4 Å². The highest BCUT2D eigenvalue weighted by Crippen LogP contribution is 2.19. The molecule has 5 nitrogen and oxygen atoms in total. The van der Waals surface area contributed by atoms with Gasteiger partial charge >= 0.3 is 0 Å². The molecule has 0 saturated carbocycles. The van der Waals surface area contributed by atoms with E-state index in [0.717, 1.165) is 4.47 Å². The van der Waals surface area contributed by atoms with Gasteiger partial charge in [0.15, 0.2) is 0 Å². The predicted molar refractivity (Wildman–Crippen MR) is 85.0 cm³/mol. The van der Waals surface area contributed by atoms with Crippen LogP contribution in [0.2, 0.25) is 0 Å². The second-order valence-corrected chi connectivity index (χ2v) is 5.60. The summed E-state index contributed by atoms with van der Waals surface area (Å²) in [7, 11) is 0. The van der Waals surface area contributed by atoms with Crippen LogP contribution in [0.25, 0.3) is 11.4 Å². The Hall–Kier alpha value is -2.54. The lowest BCUT2D eigenvalue weighted by molar-refractivity contribution is 0.0946. The van der Waals surface area contributed by atoms with Crippen molar-refractivity contribution < 1.29 is 13.7 Å². The molecule has 2 aromatic carbocycles. The molecule has 0 atom stereocenters. The predicted octanol–water partition coefficient (Wildman–Crippen LogP) is 3.57. The van der Waals surface area contributed by atoms with Gasteiger partial charge in [-0.15, -0.1) is 0 Å². The first kappa shape index (κ1) is 15.4. The van der Waals surface area contributed by atoms with E-state index in [1.807, 2.05) is 6.07 Å². The number of carbonyl (C=O) groups excluding carboxylic acids is 1. The number of carbonyl (C=O) groups is 1. The van der Waals surface area contributed by atoms with Crippen molar-refractivity contribution in [3.63, 3.8) is 0 Å². The highest BCUT2D eigenvalue weighted by Gasteiger charge is 2.13. The minimum atomic E-state index is -0.432. The normalized spacial score (nSPS) is 10.5. The number of aromatic nitrogens is 2. The molecule has 1 amide bonds. The molecule has 0 fully saturated rings. The van der Waals surface area contributed by atoms with Crippen molar-refractivity contribution in [3.8, 4) is 11.4 Å². The molecule has 1 heterocycles. The summed E-state index contributed by atoms with van der Waals surface area (Å²) in [6, 6.07) is 13.1. The Balaban J connectivity index is 1.68. The average molecular weight is 376 g/mol. The maximum Gasteiger partial charge on any atom is 0.251 e. The molecule has 23 heavy (non-hydrogen) atoms. The number of nitrogens with one attached hydrogen (secondary N) is 1. The zero-order valence-electron chi connectivity index (χ0n) is 11.8. The molecule has 3 rings (SSSR count). The smallest absolute Gasteiger partial charge is 0.251 e. The molecule has 0 bridgehead atoms. The summed E-state index contributed by atoms with van der Waals surface area (Å²) in [5.41, 5.74) is 0.758. The molecule has 0 unspecified atom stereocenters. The summed E-state index contributed by atoms with van der Waals surface area (Å²) in [6.07, 6.45) is 0. The van der Waals surface area contributed by atoms with E-state index in [2.05, 4.69) is 31.4 Å². The lowest BCUT2D eigenvalue weighted by Crippen LogP contribution is -2.22. The maximum atomic E-state index is 13.7. The van der Waals surface area contributed by atoms with Crippen molar-refractivity contribution in [1.29, 1.82) is 0 Å². The van der Waals surface area contributed by atoms with Gasteiger partial charge in [0.05, 0.1) is 12.1 Å². The van der Waals surface area contributed by atoms with E-state index in [-0.39, 0.29) is 29.7 Å². The van der Waals surface area contributed by atoms with E-state index in [0.29, 0.717) is 5.56 Å². The van der Waals surface area contributed by atoms with Gasteiger partial charge < -0.3 is 9.84 Å². The maximum absolute atomic E-state index is 13.7. The van der Waals surface area contributed by atoms with Crippen LogP contribution in [-0.4, -0.2) is 16.0 Å². The Bertz CT molecular complexity index is 851. The third-order valence-corrected chi connectivity index (χ3v) is 3.56. The molecule has 0 radical (unpaired) electrons. The number of hydrogen-bond acceptors (Lipinski definition) is 4. The standard InChI is InChI=1S/C16H11BrFN3O2/c17-11-5-3-4-10(8-11)16(22)19-9-14-20-15(21-23-14)12-6-1-2-7-13(12)18/h1-8H,9H2,(H,19,22). The zero-order chi connectivity index (χ0) is 16.2. The Morgan fingerprint density at radius 2 is 2.04 bits per heavy atom. The second-order valence-electron chi connectivity index (χ2n) is 4.68. The average Bonchev–Trinajstić information content (AvgIpc) is 3.02. The van der Waals surface area contributed by atoms with Gasteiger partial charge in [-0.05, 0) is 30.3 Å². The van der Waals surface area contributed by atoms with Crippen LogP contribution in [0.15, 0.2) is 57.5 Å². The lowest BCUT2D eigenvalue weighted by Gasteiger charge is -2.02. The van der Waals surface area contributed by atoms with Gasteiger partial charge in [0.25, 0.3) is 5.91 Å². The highest BCUT2D eigenvalue weighted by molar-refractivity contribution is 9.10. The molecule has 7 heteroatoms. The third-order valence-electron chi connectivity index (χ3n) is 3.07. The van der Waals surface area contributed by atoms with E-state index in [9.17, 15) is 9.18 Å². The molecule has 0 spiro atoms. The highest BCUT2D eigenvalue weighted by atomic mass is 79.9. The van der Waals surface area contributed by atoms with Gasteiger partial charge in [-0.1, -0.05) is 39.3 Å². The van der Waals surface area contributed by atoms with E-state index < -0.39 is 5.82 Å². The van der Waals surface area contributed by atoms with E-state index in [1.165, 1.54) is 6.07 Å². The summed E-state index contributed by atoms with van der Waals surface area (Å²) in [6.45, 7) is 0.0623. The first-order valence-electron chi connectivity index (χ1n) is 6.75. The summed E-state index contributed by atoms with van der Waals surface area (Å²) in [4.78, 5) is 16.1. The van der Waals surface area contributed by atoms with Crippen LogP contribution < -0.4 is 5.32 Å². The van der Waals surface area contributed by atoms with Crippen molar-refractivity contribution in [1.82, 2.24) is 15.5 Å². The lowest BCUT2D eigenvalue weighted by atomic mass is 10.2. The van der Waals surface area contributed by atoms with Crippen molar-refractivity contribution in [2.24, 2.45) is 0 Å². The molecule has 116 valence electrons. The first-order chi connectivity index (χ1) is 11.1. The molecular weight excluding hydrogens is 365 g/mol. The minimum Gasteiger partial charge on any atom is -0.343 e. The SMILES string of the molecule is O=C(NCc1nc(-c2ccccc2F)no1)c1cccc(Br)c1. The fraction of sp³-hybridized carbons (Fsp3) is 0.0625. The molecule has 1 N–H and O–H groups in total. The van der Waals surface area contributed by atoms with Gasteiger partial charge in [0, 0.05) is 10.0 Å². The number of benzene rings is 2. The van der Waals surface area contributed by atoms with Crippen LogP contribution in [0.3, 0.4) is 0 Å². The number of nitrogens with zero attached hydrogens (tertiary/aromatic N) is 2. The van der Waals surface area contributed by atoms with Crippen molar-refractivity contribution in [2.45, 2.75) is 6.54 Å². The number of rotatable bonds is 4. The summed E-state index contributed by atoms with van der Waals surface area (Å²) in [5, 5.41) is 6.40. The second kappa shape index (κ2) is 6.70. The Labute approximate surface area is 139 Å². The van der Waals surface area contributed by atoms with Gasteiger partial charge in [-0.2, -0.15) is 4.98 Å². The van der Waals surface area contributed by atoms with Crippen molar-refractivity contribution >= 4 is 21.8 Å². The number of halogens is 2. The fourth-order valence-electron chi connectivity index (χ4n) is 1.97. The van der Waals surface area contributed by atoms with Crippen LogP contribution in [0.1, 0.15) is 16.2 Å². The van der Waals surface area contributed by atoms with Crippen molar-refractivity contribution in [3.05, 3.63) is 70.3 Å². The first-order valence-corrected chi connectivity index (χ1v) is 7.54. The summed E-state index contributed by atoms with van der Waals surface area (Å²) in [5.74, 6) is -0.351. The number of amides is 1. The quantitative estimate of drug-likeness (QED) is 0.756.